The number of ether oxygens (including phenoxy) is 1. The quantitative estimate of drug-likeness (QED) is 0.379. The molecule has 0 bridgehead atoms. The van der Waals surface area contributed by atoms with Crippen LogP contribution in [0.3, 0.4) is 0 Å². The third-order valence-corrected chi connectivity index (χ3v) is 6.62. The summed E-state index contributed by atoms with van der Waals surface area (Å²) in [6.07, 6.45) is -1.21. The standard InChI is InChI=1S/C28H33N3O7/c1-16(2)25(29)27(36)31(13-17(3)26(35)30-18(14-32)12-24(33)34)28(37)38-15-23-21-10-6-4-8-19(21)20-9-5-7-11-22(20)23/h4-11,14,16-18,23,25H,12-13,15,29H2,1-3H3,(H,30,35)(H,33,34)/t17?,18?,25-/m0/s1. The number of carbonyl (C=O) groups is 5. The second kappa shape index (κ2) is 12.5. The molecular formula is C28H33N3O7. The molecule has 0 radical (unpaired) electrons. The Bertz CT molecular complexity index is 1170. The molecule has 0 aromatic heterocycles. The zero-order valence-corrected chi connectivity index (χ0v) is 21.6. The Morgan fingerprint density at radius 1 is 1.03 bits per heavy atom. The molecule has 10 heteroatoms. The average Bonchev–Trinajstić information content (AvgIpc) is 3.22. The monoisotopic (exact) mass is 523 g/mol. The van der Waals surface area contributed by atoms with Crippen LogP contribution in [0.4, 0.5) is 4.79 Å². The van der Waals surface area contributed by atoms with Crippen LogP contribution in [0.5, 0.6) is 0 Å². The first-order chi connectivity index (χ1) is 18.0. The molecule has 4 N–H and O–H groups in total. The van der Waals surface area contributed by atoms with Gasteiger partial charge in [0, 0.05) is 12.5 Å². The lowest BCUT2D eigenvalue weighted by atomic mass is 9.98. The van der Waals surface area contributed by atoms with Crippen molar-refractivity contribution >= 4 is 30.2 Å². The fourth-order valence-electron chi connectivity index (χ4n) is 4.39. The van der Waals surface area contributed by atoms with Crippen molar-refractivity contribution in [1.82, 2.24) is 10.2 Å². The predicted molar refractivity (Wildman–Crippen MR) is 139 cm³/mol. The first kappa shape index (κ1) is 28.5. The van der Waals surface area contributed by atoms with Crippen LogP contribution in [-0.4, -0.2) is 65.4 Å². The molecule has 38 heavy (non-hydrogen) atoms. The van der Waals surface area contributed by atoms with E-state index >= 15 is 0 Å². The van der Waals surface area contributed by atoms with E-state index in [9.17, 15) is 24.0 Å². The zero-order chi connectivity index (χ0) is 28.0. The molecule has 0 saturated heterocycles. The lowest BCUT2D eigenvalue weighted by Crippen LogP contribution is -2.52. The highest BCUT2D eigenvalue weighted by molar-refractivity contribution is 5.96. The van der Waals surface area contributed by atoms with Crippen LogP contribution in [0.2, 0.25) is 0 Å². The van der Waals surface area contributed by atoms with Gasteiger partial charge in [0.2, 0.25) is 11.8 Å². The number of nitrogens with one attached hydrogen (secondary N) is 1. The first-order valence-corrected chi connectivity index (χ1v) is 12.4. The molecule has 0 saturated carbocycles. The van der Waals surface area contributed by atoms with Crippen LogP contribution in [0.1, 0.15) is 44.2 Å². The number of aliphatic carboxylic acids is 1. The van der Waals surface area contributed by atoms with Gasteiger partial charge in [-0.2, -0.15) is 0 Å². The molecule has 3 atom stereocenters. The van der Waals surface area contributed by atoms with Gasteiger partial charge in [-0.15, -0.1) is 0 Å². The van der Waals surface area contributed by atoms with Gasteiger partial charge in [-0.05, 0) is 28.2 Å². The second-order valence-electron chi connectivity index (χ2n) is 9.77. The van der Waals surface area contributed by atoms with Gasteiger partial charge < -0.3 is 25.7 Å². The molecular weight excluding hydrogens is 490 g/mol. The summed E-state index contributed by atoms with van der Waals surface area (Å²) in [5, 5.41) is 11.2. The minimum atomic E-state index is -1.26. The van der Waals surface area contributed by atoms with Gasteiger partial charge in [-0.1, -0.05) is 69.3 Å². The minimum absolute atomic E-state index is 0.0278. The van der Waals surface area contributed by atoms with Crippen molar-refractivity contribution in [3.8, 4) is 11.1 Å². The summed E-state index contributed by atoms with van der Waals surface area (Å²) in [6.45, 7) is 4.53. The van der Waals surface area contributed by atoms with Crippen molar-refractivity contribution in [2.75, 3.05) is 13.2 Å². The number of nitrogens with two attached hydrogens (primary N) is 1. The maximum absolute atomic E-state index is 13.2. The largest absolute Gasteiger partial charge is 0.481 e. The number of benzene rings is 2. The van der Waals surface area contributed by atoms with Gasteiger partial charge in [-0.3, -0.25) is 14.4 Å². The third kappa shape index (κ3) is 6.44. The number of fused-ring (bicyclic) bond motifs is 3. The number of carbonyl (C=O) groups excluding carboxylic acids is 4. The SMILES string of the molecule is CC(CN(C(=O)OCC1c2ccccc2-c2ccccc21)C(=O)[C@@H](N)C(C)C)C(=O)NC(C=O)CC(=O)O. The summed E-state index contributed by atoms with van der Waals surface area (Å²) in [4.78, 5) is 61.9. The Labute approximate surface area is 221 Å². The summed E-state index contributed by atoms with van der Waals surface area (Å²) < 4.78 is 5.63. The highest BCUT2D eigenvalue weighted by atomic mass is 16.6. The van der Waals surface area contributed by atoms with Gasteiger partial charge in [0.05, 0.1) is 24.4 Å². The number of aldehydes is 1. The summed E-state index contributed by atoms with van der Waals surface area (Å²) in [7, 11) is 0. The molecule has 10 nitrogen and oxygen atoms in total. The van der Waals surface area contributed by atoms with E-state index in [0.717, 1.165) is 27.2 Å². The molecule has 3 amide bonds. The highest BCUT2D eigenvalue weighted by Gasteiger charge is 2.35. The molecule has 0 fully saturated rings. The van der Waals surface area contributed by atoms with Crippen molar-refractivity contribution in [2.24, 2.45) is 17.6 Å². The number of nitrogens with zero attached hydrogens (tertiary/aromatic N) is 1. The van der Waals surface area contributed by atoms with E-state index in [2.05, 4.69) is 5.32 Å². The Balaban J connectivity index is 1.77. The second-order valence-corrected chi connectivity index (χ2v) is 9.77. The average molecular weight is 524 g/mol. The van der Waals surface area contributed by atoms with Crippen molar-refractivity contribution in [2.45, 2.75) is 45.2 Å². The van der Waals surface area contributed by atoms with Crippen molar-refractivity contribution in [3.63, 3.8) is 0 Å². The number of imide groups is 1. The van der Waals surface area contributed by atoms with Crippen molar-refractivity contribution in [1.29, 1.82) is 0 Å². The number of hydrogen-bond acceptors (Lipinski definition) is 7. The normalized spacial score (nSPS) is 14.6. The maximum Gasteiger partial charge on any atom is 0.416 e. The number of carboxylic acids is 1. The lowest BCUT2D eigenvalue weighted by Gasteiger charge is -2.28. The van der Waals surface area contributed by atoms with E-state index in [1.807, 2.05) is 48.5 Å². The van der Waals surface area contributed by atoms with E-state index in [1.165, 1.54) is 6.92 Å². The summed E-state index contributed by atoms with van der Waals surface area (Å²) >= 11 is 0. The van der Waals surface area contributed by atoms with Crippen LogP contribution in [0.15, 0.2) is 48.5 Å². The minimum Gasteiger partial charge on any atom is -0.481 e. The molecule has 2 unspecified atom stereocenters. The Hall–Kier alpha value is -4.05. The van der Waals surface area contributed by atoms with Gasteiger partial charge in [0.15, 0.2) is 0 Å². The predicted octanol–water partition coefficient (Wildman–Crippen LogP) is 2.54. The fraction of sp³-hybridized carbons (Fsp3) is 0.393. The summed E-state index contributed by atoms with van der Waals surface area (Å²) in [5.74, 6) is -4.12. The number of carboxylic acid groups (broad SMARTS) is 1. The molecule has 202 valence electrons. The van der Waals surface area contributed by atoms with Crippen molar-refractivity contribution < 1.29 is 33.8 Å². The van der Waals surface area contributed by atoms with Gasteiger partial charge >= 0.3 is 12.1 Å². The van der Waals surface area contributed by atoms with E-state index in [1.54, 1.807) is 13.8 Å². The molecule has 0 heterocycles. The molecule has 2 aromatic rings. The van der Waals surface area contributed by atoms with Gasteiger partial charge in [0.25, 0.3) is 0 Å². The Morgan fingerprint density at radius 3 is 2.08 bits per heavy atom. The Kier molecular flexibility index (Phi) is 9.35. The van der Waals surface area contributed by atoms with E-state index < -0.39 is 48.3 Å². The lowest BCUT2D eigenvalue weighted by molar-refractivity contribution is -0.139. The Morgan fingerprint density at radius 2 is 1.58 bits per heavy atom. The molecule has 3 rings (SSSR count). The smallest absolute Gasteiger partial charge is 0.416 e. The van der Waals surface area contributed by atoms with Crippen LogP contribution in [0, 0.1) is 11.8 Å². The van der Waals surface area contributed by atoms with Crippen molar-refractivity contribution in [3.05, 3.63) is 59.7 Å². The molecule has 1 aliphatic rings. The van der Waals surface area contributed by atoms with Crippen LogP contribution >= 0.6 is 0 Å². The third-order valence-electron chi connectivity index (χ3n) is 6.62. The number of hydrogen-bond donors (Lipinski definition) is 3. The van der Waals surface area contributed by atoms with E-state index in [4.69, 9.17) is 15.6 Å². The van der Waals surface area contributed by atoms with E-state index in [-0.39, 0.29) is 25.0 Å². The highest BCUT2D eigenvalue weighted by Crippen LogP contribution is 2.44. The molecule has 2 aromatic carbocycles. The molecule has 0 spiro atoms. The topological polar surface area (TPSA) is 156 Å². The maximum atomic E-state index is 13.2. The molecule has 1 aliphatic carbocycles. The summed E-state index contributed by atoms with van der Waals surface area (Å²) in [5.41, 5.74) is 10.2. The fourth-order valence-corrected chi connectivity index (χ4v) is 4.39. The zero-order valence-electron chi connectivity index (χ0n) is 21.6. The number of rotatable bonds is 11. The van der Waals surface area contributed by atoms with Gasteiger partial charge in [-0.25, -0.2) is 9.69 Å². The molecule has 0 aliphatic heterocycles. The summed E-state index contributed by atoms with van der Waals surface area (Å²) in [6, 6.07) is 13.4. The van der Waals surface area contributed by atoms with Crippen LogP contribution in [-0.2, 0) is 23.9 Å². The van der Waals surface area contributed by atoms with Crippen LogP contribution in [0.25, 0.3) is 11.1 Å². The van der Waals surface area contributed by atoms with E-state index in [0.29, 0.717) is 6.29 Å². The van der Waals surface area contributed by atoms with Gasteiger partial charge in [0.1, 0.15) is 12.9 Å². The number of amides is 3. The van der Waals surface area contributed by atoms with Crippen LogP contribution < -0.4 is 11.1 Å². The first-order valence-electron chi connectivity index (χ1n) is 12.4.